The van der Waals surface area contributed by atoms with Crippen molar-refractivity contribution in [1.29, 1.82) is 0 Å². The third-order valence-corrected chi connectivity index (χ3v) is 3.10. The maximum atomic E-state index is 5.66. The highest BCUT2D eigenvalue weighted by Crippen LogP contribution is 2.18. The van der Waals surface area contributed by atoms with Crippen LogP contribution in [0.3, 0.4) is 0 Å². The molecule has 68 valence electrons. The summed E-state index contributed by atoms with van der Waals surface area (Å²) < 4.78 is 0. The second kappa shape index (κ2) is 5.67. The van der Waals surface area contributed by atoms with Crippen LogP contribution in [0.2, 0.25) is 5.15 Å². The number of thioether (sulfide) groups is 1. The number of hydrogen-bond acceptors (Lipinski definition) is 4. The zero-order valence-electron chi connectivity index (χ0n) is 6.84. The van der Waals surface area contributed by atoms with Crippen molar-refractivity contribution < 1.29 is 0 Å². The summed E-state index contributed by atoms with van der Waals surface area (Å²) in [5.41, 5.74) is 0. The van der Waals surface area contributed by atoms with Crippen LogP contribution >= 0.6 is 34.7 Å². The van der Waals surface area contributed by atoms with Crippen molar-refractivity contribution in [2.75, 3.05) is 23.9 Å². The fraction of sp³-hybridized carbons (Fsp3) is 0.571. The van der Waals surface area contributed by atoms with Crippen LogP contribution in [0.4, 0.5) is 5.13 Å². The highest BCUT2D eigenvalue weighted by molar-refractivity contribution is 7.98. The van der Waals surface area contributed by atoms with Gasteiger partial charge in [0.25, 0.3) is 0 Å². The van der Waals surface area contributed by atoms with E-state index in [1.165, 1.54) is 12.2 Å². The largest absolute Gasteiger partial charge is 0.361 e. The van der Waals surface area contributed by atoms with Gasteiger partial charge in [-0.1, -0.05) is 11.6 Å². The lowest BCUT2D eigenvalue weighted by molar-refractivity contribution is 0.989. The van der Waals surface area contributed by atoms with Gasteiger partial charge in [0.2, 0.25) is 0 Å². The first-order valence-electron chi connectivity index (χ1n) is 3.67. The standard InChI is InChI=1S/C7H11ClN2S2/c1-11-4-2-3-9-7-10-6(8)5-12-7/h5H,2-4H2,1H3,(H,9,10). The van der Waals surface area contributed by atoms with Gasteiger partial charge in [-0.15, -0.1) is 11.3 Å². The van der Waals surface area contributed by atoms with Crippen molar-refractivity contribution in [3.63, 3.8) is 0 Å². The molecule has 12 heavy (non-hydrogen) atoms. The van der Waals surface area contributed by atoms with E-state index in [2.05, 4.69) is 16.6 Å². The number of nitrogens with zero attached hydrogens (tertiary/aromatic N) is 1. The van der Waals surface area contributed by atoms with Crippen LogP contribution in [0.1, 0.15) is 6.42 Å². The van der Waals surface area contributed by atoms with Gasteiger partial charge in [-0.2, -0.15) is 11.8 Å². The molecule has 0 bridgehead atoms. The van der Waals surface area contributed by atoms with Gasteiger partial charge in [-0.3, -0.25) is 0 Å². The van der Waals surface area contributed by atoms with Gasteiger partial charge in [0.15, 0.2) is 5.13 Å². The Bertz CT molecular complexity index is 227. The summed E-state index contributed by atoms with van der Waals surface area (Å²) in [6, 6.07) is 0. The zero-order chi connectivity index (χ0) is 8.81. The summed E-state index contributed by atoms with van der Waals surface area (Å²) in [4.78, 5) is 4.07. The first-order valence-corrected chi connectivity index (χ1v) is 6.32. The van der Waals surface area contributed by atoms with Gasteiger partial charge in [0, 0.05) is 11.9 Å². The third kappa shape index (κ3) is 3.65. The molecule has 0 spiro atoms. The molecular weight excluding hydrogens is 212 g/mol. The van der Waals surface area contributed by atoms with Crippen LogP contribution in [0, 0.1) is 0 Å². The van der Waals surface area contributed by atoms with E-state index in [9.17, 15) is 0 Å². The van der Waals surface area contributed by atoms with Crippen molar-refractivity contribution in [1.82, 2.24) is 4.98 Å². The van der Waals surface area contributed by atoms with E-state index in [4.69, 9.17) is 11.6 Å². The molecule has 0 amide bonds. The highest BCUT2D eigenvalue weighted by Gasteiger charge is 1.96. The third-order valence-electron chi connectivity index (χ3n) is 1.28. The second-order valence-electron chi connectivity index (χ2n) is 2.25. The Labute approximate surface area is 85.7 Å². The Hall–Kier alpha value is 0.0700. The summed E-state index contributed by atoms with van der Waals surface area (Å²) in [6.07, 6.45) is 3.28. The fourth-order valence-corrected chi connectivity index (χ4v) is 2.05. The molecule has 1 N–H and O–H groups in total. The number of anilines is 1. The van der Waals surface area contributed by atoms with Gasteiger partial charge in [-0.25, -0.2) is 4.98 Å². The molecule has 0 aliphatic carbocycles. The first-order chi connectivity index (χ1) is 5.83. The molecule has 0 aromatic carbocycles. The molecule has 1 rings (SSSR count). The van der Waals surface area contributed by atoms with Gasteiger partial charge in [0.05, 0.1) is 0 Å². The summed E-state index contributed by atoms with van der Waals surface area (Å²) in [7, 11) is 0. The van der Waals surface area contributed by atoms with Crippen LogP contribution in [0.5, 0.6) is 0 Å². The maximum absolute atomic E-state index is 5.66. The summed E-state index contributed by atoms with van der Waals surface area (Å²) in [6.45, 7) is 0.977. The van der Waals surface area contributed by atoms with E-state index in [-0.39, 0.29) is 0 Å². The lowest BCUT2D eigenvalue weighted by Crippen LogP contribution is -2.01. The van der Waals surface area contributed by atoms with Crippen LogP contribution in [-0.4, -0.2) is 23.5 Å². The minimum Gasteiger partial charge on any atom is -0.361 e. The Kier molecular flexibility index (Phi) is 4.80. The molecule has 2 nitrogen and oxygen atoms in total. The molecule has 0 aliphatic rings. The normalized spacial score (nSPS) is 10.2. The van der Waals surface area contributed by atoms with Crippen molar-refractivity contribution in [2.45, 2.75) is 6.42 Å². The average Bonchev–Trinajstić information content (AvgIpc) is 2.45. The summed E-state index contributed by atoms with van der Waals surface area (Å²) in [5.74, 6) is 1.19. The van der Waals surface area contributed by atoms with E-state index < -0.39 is 0 Å². The van der Waals surface area contributed by atoms with Gasteiger partial charge in [-0.05, 0) is 18.4 Å². The zero-order valence-corrected chi connectivity index (χ0v) is 9.23. The predicted molar refractivity (Wildman–Crippen MR) is 58.6 cm³/mol. The number of nitrogens with one attached hydrogen (secondary N) is 1. The number of hydrogen-bond donors (Lipinski definition) is 1. The van der Waals surface area contributed by atoms with E-state index >= 15 is 0 Å². The Morgan fingerprint density at radius 3 is 3.17 bits per heavy atom. The molecule has 0 unspecified atom stereocenters. The molecule has 0 saturated heterocycles. The van der Waals surface area contributed by atoms with Gasteiger partial charge >= 0.3 is 0 Å². The average molecular weight is 223 g/mol. The van der Waals surface area contributed by atoms with Gasteiger partial charge < -0.3 is 5.32 Å². The molecule has 1 aromatic heterocycles. The maximum Gasteiger partial charge on any atom is 0.184 e. The molecule has 0 saturated carbocycles. The Balaban J connectivity index is 2.15. The lowest BCUT2D eigenvalue weighted by atomic mass is 10.5. The summed E-state index contributed by atoms with van der Waals surface area (Å²) >= 11 is 9.06. The predicted octanol–water partition coefficient (Wildman–Crippen LogP) is 2.96. The van der Waals surface area contributed by atoms with Crippen LogP contribution in [0.15, 0.2) is 5.38 Å². The smallest absolute Gasteiger partial charge is 0.184 e. The van der Waals surface area contributed by atoms with Crippen molar-refractivity contribution >= 4 is 39.8 Å². The monoisotopic (exact) mass is 222 g/mol. The van der Waals surface area contributed by atoms with E-state index in [0.717, 1.165) is 11.7 Å². The minimum atomic E-state index is 0.576. The Morgan fingerprint density at radius 1 is 1.75 bits per heavy atom. The number of aromatic nitrogens is 1. The van der Waals surface area contributed by atoms with Gasteiger partial charge in [0.1, 0.15) is 5.15 Å². The van der Waals surface area contributed by atoms with Crippen molar-refractivity contribution in [3.8, 4) is 0 Å². The van der Waals surface area contributed by atoms with Crippen LogP contribution in [0.25, 0.3) is 0 Å². The molecule has 0 aliphatic heterocycles. The number of rotatable bonds is 5. The number of thiazole rings is 1. The second-order valence-corrected chi connectivity index (χ2v) is 4.48. The quantitative estimate of drug-likeness (QED) is 0.776. The molecule has 0 atom stereocenters. The topological polar surface area (TPSA) is 24.9 Å². The molecule has 0 fully saturated rings. The van der Waals surface area contributed by atoms with Crippen molar-refractivity contribution in [3.05, 3.63) is 10.5 Å². The molecule has 0 radical (unpaired) electrons. The van der Waals surface area contributed by atoms with E-state index in [0.29, 0.717) is 5.15 Å². The van der Waals surface area contributed by atoms with Crippen LogP contribution < -0.4 is 5.32 Å². The van der Waals surface area contributed by atoms with Crippen LogP contribution in [-0.2, 0) is 0 Å². The highest BCUT2D eigenvalue weighted by atomic mass is 35.5. The Morgan fingerprint density at radius 2 is 2.58 bits per heavy atom. The fourth-order valence-electron chi connectivity index (χ4n) is 0.747. The minimum absolute atomic E-state index is 0.576. The molecule has 1 aromatic rings. The van der Waals surface area contributed by atoms with E-state index in [1.807, 2.05) is 17.1 Å². The SMILES string of the molecule is CSCCCNc1nc(Cl)cs1. The van der Waals surface area contributed by atoms with E-state index in [1.54, 1.807) is 11.3 Å². The lowest BCUT2D eigenvalue weighted by Gasteiger charge is -1.99. The first kappa shape index (κ1) is 10.2. The number of halogens is 1. The summed E-state index contributed by atoms with van der Waals surface area (Å²) in [5, 5.41) is 6.54. The molecule has 1 heterocycles. The molecule has 5 heteroatoms. The van der Waals surface area contributed by atoms with Crippen molar-refractivity contribution in [2.24, 2.45) is 0 Å². The molecular formula is C7H11ClN2S2.